The molecule has 0 saturated carbocycles. The van der Waals surface area contributed by atoms with Gasteiger partial charge in [0, 0.05) is 19.5 Å². The maximum absolute atomic E-state index is 13.4. The lowest BCUT2D eigenvalue weighted by Crippen LogP contribution is -2.51. The number of ether oxygens (including phenoxy) is 1. The molecule has 0 heterocycles. The summed E-state index contributed by atoms with van der Waals surface area (Å²) in [5.74, 6) is -0.0531. The van der Waals surface area contributed by atoms with Gasteiger partial charge in [-0.25, -0.2) is 0 Å². The monoisotopic (exact) mass is 464 g/mol. The Labute approximate surface area is 200 Å². The highest BCUT2D eigenvalue weighted by Crippen LogP contribution is 2.23. The number of likely N-dealkylation sites (N-methyl/N-ethyl adjacent to an activating group) is 1. The predicted molar refractivity (Wildman–Crippen MR) is 131 cm³/mol. The van der Waals surface area contributed by atoms with Gasteiger partial charge in [0.15, 0.2) is 6.61 Å². The zero-order valence-electron chi connectivity index (χ0n) is 19.0. The molecule has 1 N–H and O–H groups in total. The van der Waals surface area contributed by atoms with Crippen molar-refractivity contribution in [2.75, 3.05) is 13.2 Å². The van der Waals surface area contributed by atoms with Gasteiger partial charge in [0.2, 0.25) is 5.91 Å². The molecule has 1 unspecified atom stereocenters. The van der Waals surface area contributed by atoms with E-state index in [1.165, 1.54) is 0 Å². The van der Waals surface area contributed by atoms with E-state index in [1.807, 2.05) is 68.4 Å². The molecule has 0 aliphatic heterocycles. The summed E-state index contributed by atoms with van der Waals surface area (Å²) in [5.41, 5.74) is 3.04. The quantitative estimate of drug-likeness (QED) is 0.468. The van der Waals surface area contributed by atoms with Gasteiger partial charge >= 0.3 is 0 Å². The molecule has 33 heavy (non-hydrogen) atoms. The fourth-order valence-electron chi connectivity index (χ4n) is 3.52. The number of benzene rings is 3. The number of para-hydroxylation sites is 1. The van der Waals surface area contributed by atoms with Crippen LogP contribution in [0.2, 0.25) is 5.02 Å². The molecule has 2 amide bonds. The fourth-order valence-corrected chi connectivity index (χ4v) is 3.71. The topological polar surface area (TPSA) is 58.6 Å². The van der Waals surface area contributed by atoms with Crippen LogP contribution in [0, 0.1) is 6.92 Å². The number of nitrogens with one attached hydrogen (secondary N) is 1. The van der Waals surface area contributed by atoms with E-state index in [2.05, 4.69) is 5.32 Å². The second-order valence-corrected chi connectivity index (χ2v) is 8.23. The maximum Gasteiger partial charge on any atom is 0.261 e. The van der Waals surface area contributed by atoms with E-state index >= 15 is 0 Å². The molecule has 0 bridgehead atoms. The minimum Gasteiger partial charge on any atom is -0.482 e. The van der Waals surface area contributed by atoms with Crippen LogP contribution in [0.3, 0.4) is 0 Å². The van der Waals surface area contributed by atoms with Gasteiger partial charge in [0.25, 0.3) is 5.91 Å². The highest BCUT2D eigenvalue weighted by atomic mass is 35.5. The average Bonchev–Trinajstić information content (AvgIpc) is 2.82. The van der Waals surface area contributed by atoms with Crippen LogP contribution in [-0.4, -0.2) is 35.9 Å². The third-order valence-electron chi connectivity index (χ3n) is 5.28. The van der Waals surface area contributed by atoms with Crippen LogP contribution in [0.5, 0.6) is 5.75 Å². The van der Waals surface area contributed by atoms with Gasteiger partial charge in [-0.2, -0.15) is 0 Å². The summed E-state index contributed by atoms with van der Waals surface area (Å²) < 4.78 is 5.72. The maximum atomic E-state index is 13.4. The second-order valence-electron chi connectivity index (χ2n) is 7.83. The van der Waals surface area contributed by atoms with Crippen molar-refractivity contribution in [1.82, 2.24) is 10.2 Å². The summed E-state index contributed by atoms with van der Waals surface area (Å²) in [7, 11) is 0. The number of nitrogens with zero attached hydrogens (tertiary/aromatic N) is 1. The van der Waals surface area contributed by atoms with E-state index in [1.54, 1.807) is 29.2 Å². The lowest BCUT2D eigenvalue weighted by atomic mass is 10.0. The molecule has 6 heteroatoms. The number of carbonyl (C=O) groups excluding carboxylic acids is 2. The lowest BCUT2D eigenvalue weighted by Gasteiger charge is -2.31. The van der Waals surface area contributed by atoms with E-state index in [0.29, 0.717) is 30.3 Å². The summed E-state index contributed by atoms with van der Waals surface area (Å²) in [5, 5.41) is 3.31. The average molecular weight is 465 g/mol. The second kappa shape index (κ2) is 12.1. The Morgan fingerprint density at radius 2 is 1.61 bits per heavy atom. The summed E-state index contributed by atoms with van der Waals surface area (Å²) in [6, 6.07) is 24.0. The number of hydrogen-bond acceptors (Lipinski definition) is 3. The van der Waals surface area contributed by atoms with Crippen molar-refractivity contribution in [2.24, 2.45) is 0 Å². The molecule has 3 aromatic carbocycles. The molecule has 0 aliphatic carbocycles. The van der Waals surface area contributed by atoms with E-state index in [-0.39, 0.29) is 18.4 Å². The van der Waals surface area contributed by atoms with Crippen LogP contribution >= 0.6 is 11.6 Å². The van der Waals surface area contributed by atoms with Gasteiger partial charge in [0.1, 0.15) is 11.8 Å². The van der Waals surface area contributed by atoms with Crippen molar-refractivity contribution in [3.63, 3.8) is 0 Å². The Kier molecular flexibility index (Phi) is 8.90. The van der Waals surface area contributed by atoms with Crippen LogP contribution in [0.15, 0.2) is 78.9 Å². The van der Waals surface area contributed by atoms with Crippen LogP contribution in [0.25, 0.3) is 0 Å². The van der Waals surface area contributed by atoms with Gasteiger partial charge in [-0.05, 0) is 37.1 Å². The molecule has 0 aromatic heterocycles. The first-order chi connectivity index (χ1) is 16.0. The molecule has 3 rings (SSSR count). The van der Waals surface area contributed by atoms with Gasteiger partial charge < -0.3 is 15.0 Å². The van der Waals surface area contributed by atoms with Crippen LogP contribution in [0.4, 0.5) is 0 Å². The summed E-state index contributed by atoms with van der Waals surface area (Å²) in [4.78, 5) is 28.1. The third kappa shape index (κ3) is 7.09. The molecule has 172 valence electrons. The third-order valence-corrected chi connectivity index (χ3v) is 5.60. The van der Waals surface area contributed by atoms with E-state index in [0.717, 1.165) is 16.7 Å². The van der Waals surface area contributed by atoms with Gasteiger partial charge in [-0.1, -0.05) is 83.9 Å². The number of amides is 2. The molecule has 0 aliphatic rings. The van der Waals surface area contributed by atoms with Crippen LogP contribution < -0.4 is 10.1 Å². The first kappa shape index (κ1) is 24.3. The van der Waals surface area contributed by atoms with Gasteiger partial charge in [0.05, 0.1) is 5.02 Å². The number of aryl methyl sites for hydroxylation is 1. The minimum atomic E-state index is -0.684. The first-order valence-electron chi connectivity index (χ1n) is 11.0. The van der Waals surface area contributed by atoms with Crippen molar-refractivity contribution in [2.45, 2.75) is 32.9 Å². The van der Waals surface area contributed by atoms with E-state index < -0.39 is 6.04 Å². The molecule has 5 nitrogen and oxygen atoms in total. The molecule has 0 radical (unpaired) electrons. The highest BCUT2D eigenvalue weighted by molar-refractivity contribution is 6.32. The lowest BCUT2D eigenvalue weighted by molar-refractivity contribution is -0.142. The van der Waals surface area contributed by atoms with Crippen molar-refractivity contribution in [1.29, 1.82) is 0 Å². The molecular weight excluding hydrogens is 436 g/mol. The Morgan fingerprint density at radius 3 is 2.27 bits per heavy atom. The van der Waals surface area contributed by atoms with Crippen molar-refractivity contribution in [3.8, 4) is 5.75 Å². The predicted octanol–water partition coefficient (Wildman–Crippen LogP) is 4.80. The Balaban J connectivity index is 1.89. The SMILES string of the molecule is CCNC(=O)C(Cc1ccccc1)N(Cc1ccc(C)cc1)C(=O)COc1ccccc1Cl. The van der Waals surface area contributed by atoms with Gasteiger partial charge in [-0.3, -0.25) is 9.59 Å². The number of carbonyl (C=O) groups is 2. The number of halogens is 1. The molecule has 3 aromatic rings. The van der Waals surface area contributed by atoms with Crippen LogP contribution in [-0.2, 0) is 22.6 Å². The Morgan fingerprint density at radius 1 is 0.939 bits per heavy atom. The Bertz CT molecular complexity index is 1050. The van der Waals surface area contributed by atoms with Crippen molar-refractivity contribution < 1.29 is 14.3 Å². The Hall–Kier alpha value is -3.31. The number of hydrogen-bond donors (Lipinski definition) is 1. The van der Waals surface area contributed by atoms with Gasteiger partial charge in [-0.15, -0.1) is 0 Å². The highest BCUT2D eigenvalue weighted by Gasteiger charge is 2.30. The zero-order valence-corrected chi connectivity index (χ0v) is 19.7. The fraction of sp³-hybridized carbons (Fsp3) is 0.259. The summed E-state index contributed by atoms with van der Waals surface area (Å²) >= 11 is 6.18. The van der Waals surface area contributed by atoms with Crippen LogP contribution in [0.1, 0.15) is 23.6 Å². The standard InChI is InChI=1S/C27H29ClN2O3/c1-3-29-27(32)24(17-21-9-5-4-6-10-21)30(18-22-15-13-20(2)14-16-22)26(31)19-33-25-12-8-7-11-23(25)28/h4-16,24H,3,17-19H2,1-2H3,(H,29,32). The summed E-state index contributed by atoms with van der Waals surface area (Å²) in [6.45, 7) is 4.42. The summed E-state index contributed by atoms with van der Waals surface area (Å²) in [6.07, 6.45) is 0.399. The first-order valence-corrected chi connectivity index (χ1v) is 11.4. The van der Waals surface area contributed by atoms with Crippen molar-refractivity contribution >= 4 is 23.4 Å². The normalized spacial score (nSPS) is 11.5. The molecule has 1 atom stereocenters. The van der Waals surface area contributed by atoms with E-state index in [4.69, 9.17) is 16.3 Å². The molecule has 0 saturated heterocycles. The smallest absolute Gasteiger partial charge is 0.261 e. The largest absolute Gasteiger partial charge is 0.482 e. The number of rotatable bonds is 10. The minimum absolute atomic E-state index is 0.195. The molecular formula is C27H29ClN2O3. The van der Waals surface area contributed by atoms with Crippen molar-refractivity contribution in [3.05, 3.63) is 101 Å². The van der Waals surface area contributed by atoms with E-state index in [9.17, 15) is 9.59 Å². The molecule has 0 fully saturated rings. The molecule has 0 spiro atoms. The zero-order chi connectivity index (χ0) is 23.6.